The summed E-state index contributed by atoms with van der Waals surface area (Å²) in [5.41, 5.74) is 1.06. The lowest BCUT2D eigenvalue weighted by Gasteiger charge is -2.11. The third kappa shape index (κ3) is 0.778. The largest absolute Gasteiger partial charge is 0.445 e. The smallest absolute Gasteiger partial charge is 0.181 e. The van der Waals surface area contributed by atoms with E-state index in [1.54, 1.807) is 6.20 Å². The molecule has 0 spiro atoms. The minimum absolute atomic E-state index is 0.928. The zero-order chi connectivity index (χ0) is 6.81. The normalized spacial score (nSPS) is 20.8. The van der Waals surface area contributed by atoms with Gasteiger partial charge in [0.15, 0.2) is 6.40 Å². The van der Waals surface area contributed by atoms with Gasteiger partial charge < -0.3 is 4.74 Å². The van der Waals surface area contributed by atoms with Crippen LogP contribution < -0.4 is 0 Å². The lowest BCUT2D eigenvalue weighted by molar-refractivity contribution is 0.439. The van der Waals surface area contributed by atoms with E-state index >= 15 is 0 Å². The zero-order valence-electron chi connectivity index (χ0n) is 5.45. The summed E-state index contributed by atoms with van der Waals surface area (Å²) in [7, 11) is 0. The molecule has 0 aromatic rings. The molecule has 50 valence electrons. The quantitative estimate of drug-likeness (QED) is 0.493. The Hall–Kier alpha value is -1.31. The SMILES string of the molecule is C1=CC2=CN=COC2=CC1. The third-order valence-corrected chi connectivity index (χ3v) is 1.48. The Morgan fingerprint density at radius 2 is 2.50 bits per heavy atom. The standard InChI is InChI=1S/C8H7NO/c1-2-4-8-7(3-1)5-9-6-10-8/h1,3-6H,2H2. The van der Waals surface area contributed by atoms with E-state index in [9.17, 15) is 0 Å². The predicted octanol–water partition coefficient (Wildman–Crippen LogP) is 1.77. The van der Waals surface area contributed by atoms with Crippen molar-refractivity contribution >= 4 is 6.40 Å². The van der Waals surface area contributed by atoms with Gasteiger partial charge in [-0.15, -0.1) is 0 Å². The Balaban J connectivity index is 2.39. The molecule has 1 heterocycles. The molecule has 1 aliphatic carbocycles. The van der Waals surface area contributed by atoms with Crippen LogP contribution in [0.15, 0.2) is 40.8 Å². The van der Waals surface area contributed by atoms with Crippen LogP contribution in [0.3, 0.4) is 0 Å². The molecule has 0 N–H and O–H groups in total. The Morgan fingerprint density at radius 1 is 1.50 bits per heavy atom. The van der Waals surface area contributed by atoms with E-state index in [0.29, 0.717) is 0 Å². The number of allylic oxidation sites excluding steroid dienone is 3. The molecule has 0 radical (unpaired) electrons. The molecular weight excluding hydrogens is 126 g/mol. The predicted molar refractivity (Wildman–Crippen MR) is 39.5 cm³/mol. The maximum Gasteiger partial charge on any atom is 0.181 e. The highest BCUT2D eigenvalue weighted by Crippen LogP contribution is 2.20. The zero-order valence-corrected chi connectivity index (χ0v) is 5.45. The van der Waals surface area contributed by atoms with Crippen molar-refractivity contribution in [1.82, 2.24) is 0 Å². The van der Waals surface area contributed by atoms with Gasteiger partial charge in [0.1, 0.15) is 5.76 Å². The summed E-state index contributed by atoms with van der Waals surface area (Å²) >= 11 is 0. The van der Waals surface area contributed by atoms with E-state index in [1.807, 2.05) is 12.2 Å². The van der Waals surface area contributed by atoms with Crippen molar-refractivity contribution in [3.05, 3.63) is 35.8 Å². The van der Waals surface area contributed by atoms with Crippen LogP contribution in [-0.4, -0.2) is 6.40 Å². The van der Waals surface area contributed by atoms with Crippen LogP contribution in [0, 0.1) is 0 Å². The second-order valence-electron chi connectivity index (χ2n) is 2.16. The fourth-order valence-corrected chi connectivity index (χ4v) is 0.991. The molecule has 0 fully saturated rings. The highest BCUT2D eigenvalue weighted by atomic mass is 16.5. The first-order chi connectivity index (χ1) is 4.97. The number of nitrogens with zero attached hydrogens (tertiary/aromatic N) is 1. The van der Waals surface area contributed by atoms with Gasteiger partial charge in [-0.25, -0.2) is 4.99 Å². The fourth-order valence-electron chi connectivity index (χ4n) is 0.991. The van der Waals surface area contributed by atoms with Crippen LogP contribution in [0.1, 0.15) is 6.42 Å². The van der Waals surface area contributed by atoms with Gasteiger partial charge >= 0.3 is 0 Å². The molecule has 2 heteroatoms. The molecule has 2 rings (SSSR count). The molecule has 0 amide bonds. The van der Waals surface area contributed by atoms with Crippen molar-refractivity contribution in [3.8, 4) is 0 Å². The van der Waals surface area contributed by atoms with Crippen molar-refractivity contribution < 1.29 is 4.74 Å². The maximum atomic E-state index is 5.13. The van der Waals surface area contributed by atoms with Crippen molar-refractivity contribution in [3.63, 3.8) is 0 Å². The van der Waals surface area contributed by atoms with E-state index in [1.165, 1.54) is 6.40 Å². The monoisotopic (exact) mass is 133 g/mol. The average Bonchev–Trinajstić information content (AvgIpc) is 2.05. The second-order valence-corrected chi connectivity index (χ2v) is 2.16. The lowest BCUT2D eigenvalue weighted by Crippen LogP contribution is -1.99. The van der Waals surface area contributed by atoms with E-state index in [2.05, 4.69) is 11.1 Å². The van der Waals surface area contributed by atoms with E-state index in [-0.39, 0.29) is 0 Å². The molecule has 0 saturated heterocycles. The van der Waals surface area contributed by atoms with Crippen molar-refractivity contribution in [2.24, 2.45) is 4.99 Å². The van der Waals surface area contributed by atoms with E-state index in [4.69, 9.17) is 4.74 Å². The van der Waals surface area contributed by atoms with Crippen molar-refractivity contribution in [1.29, 1.82) is 0 Å². The molecule has 0 aromatic heterocycles. The molecule has 0 atom stereocenters. The van der Waals surface area contributed by atoms with Crippen LogP contribution in [0.2, 0.25) is 0 Å². The summed E-state index contributed by atoms with van der Waals surface area (Å²) in [5, 5.41) is 0. The van der Waals surface area contributed by atoms with Crippen LogP contribution >= 0.6 is 0 Å². The first kappa shape index (κ1) is 5.47. The van der Waals surface area contributed by atoms with Crippen LogP contribution in [0.25, 0.3) is 0 Å². The summed E-state index contributed by atoms with van der Waals surface area (Å²) in [4.78, 5) is 3.86. The average molecular weight is 133 g/mol. The fraction of sp³-hybridized carbons (Fsp3) is 0.125. The maximum absolute atomic E-state index is 5.13. The Labute approximate surface area is 59.2 Å². The van der Waals surface area contributed by atoms with Crippen molar-refractivity contribution in [2.45, 2.75) is 6.42 Å². The minimum atomic E-state index is 0.928. The molecular formula is C8H7NO. The molecule has 0 aromatic carbocycles. The molecule has 0 saturated carbocycles. The van der Waals surface area contributed by atoms with Crippen LogP contribution in [0.5, 0.6) is 0 Å². The summed E-state index contributed by atoms with van der Waals surface area (Å²) in [6.07, 6.45) is 10.3. The highest BCUT2D eigenvalue weighted by Gasteiger charge is 2.07. The van der Waals surface area contributed by atoms with Crippen LogP contribution in [-0.2, 0) is 4.74 Å². The Morgan fingerprint density at radius 3 is 3.40 bits per heavy atom. The number of aliphatic imine (C=N–C) groups is 1. The van der Waals surface area contributed by atoms with Gasteiger partial charge in [0, 0.05) is 11.8 Å². The molecule has 10 heavy (non-hydrogen) atoms. The highest BCUT2D eigenvalue weighted by molar-refractivity contribution is 5.57. The Bertz CT molecular complexity index is 258. The molecule has 2 aliphatic rings. The first-order valence-corrected chi connectivity index (χ1v) is 3.22. The molecule has 1 aliphatic heterocycles. The lowest BCUT2D eigenvalue weighted by atomic mass is 10.1. The van der Waals surface area contributed by atoms with Gasteiger partial charge in [0.25, 0.3) is 0 Å². The first-order valence-electron chi connectivity index (χ1n) is 3.22. The minimum Gasteiger partial charge on any atom is -0.445 e. The number of rotatable bonds is 0. The summed E-state index contributed by atoms with van der Waals surface area (Å²) in [6, 6.07) is 0. The van der Waals surface area contributed by atoms with E-state index < -0.39 is 0 Å². The van der Waals surface area contributed by atoms with Crippen LogP contribution in [0.4, 0.5) is 0 Å². The number of ether oxygens (including phenoxy) is 1. The third-order valence-electron chi connectivity index (χ3n) is 1.48. The van der Waals surface area contributed by atoms with Gasteiger partial charge in [-0.1, -0.05) is 12.2 Å². The molecule has 0 unspecified atom stereocenters. The van der Waals surface area contributed by atoms with Gasteiger partial charge in [-0.2, -0.15) is 0 Å². The number of fused-ring (bicyclic) bond motifs is 1. The second kappa shape index (κ2) is 2.14. The summed E-state index contributed by atoms with van der Waals surface area (Å²) in [6.45, 7) is 0. The van der Waals surface area contributed by atoms with Crippen molar-refractivity contribution in [2.75, 3.05) is 0 Å². The number of hydrogen-bond acceptors (Lipinski definition) is 2. The molecule has 2 nitrogen and oxygen atoms in total. The summed E-state index contributed by atoms with van der Waals surface area (Å²) in [5.74, 6) is 0.928. The topological polar surface area (TPSA) is 21.6 Å². The summed E-state index contributed by atoms with van der Waals surface area (Å²) < 4.78 is 5.13. The van der Waals surface area contributed by atoms with Gasteiger partial charge in [-0.05, 0) is 12.5 Å². The number of hydrogen-bond donors (Lipinski definition) is 0. The van der Waals surface area contributed by atoms with E-state index in [0.717, 1.165) is 17.8 Å². The Kier molecular flexibility index (Phi) is 1.17. The van der Waals surface area contributed by atoms with Gasteiger partial charge in [0.2, 0.25) is 0 Å². The van der Waals surface area contributed by atoms with Gasteiger partial charge in [0.05, 0.1) is 0 Å². The van der Waals surface area contributed by atoms with Gasteiger partial charge in [-0.3, -0.25) is 0 Å². The molecule has 0 bridgehead atoms.